The summed E-state index contributed by atoms with van der Waals surface area (Å²) in [5, 5.41) is 3.89. The van der Waals surface area contributed by atoms with E-state index in [2.05, 4.69) is 25.2 Å². The zero-order valence-corrected chi connectivity index (χ0v) is 23.8. The van der Waals surface area contributed by atoms with Gasteiger partial charge < -0.3 is 24.8 Å². The van der Waals surface area contributed by atoms with Gasteiger partial charge in [0.1, 0.15) is 23.5 Å². The van der Waals surface area contributed by atoms with E-state index >= 15 is 0 Å². The molecule has 216 valence electrons. The smallest absolute Gasteiger partial charge is 0.408 e. The van der Waals surface area contributed by atoms with Crippen LogP contribution in [0, 0.1) is 11.7 Å². The number of benzene rings is 1. The normalized spacial score (nSPS) is 20.4. The van der Waals surface area contributed by atoms with Gasteiger partial charge in [0.25, 0.3) is 0 Å². The molecule has 3 aromatic rings. The summed E-state index contributed by atoms with van der Waals surface area (Å²) in [4.78, 5) is 43.9. The number of amides is 2. The zero-order valence-electron chi connectivity index (χ0n) is 23.8. The third kappa shape index (κ3) is 5.39. The lowest BCUT2D eigenvalue weighted by atomic mass is 9.83. The maximum absolute atomic E-state index is 14.6. The Balaban J connectivity index is 1.37. The molecule has 0 radical (unpaired) electrons. The average Bonchev–Trinajstić information content (AvgIpc) is 3.64. The standard InChI is InChI=1S/C31H37FN6O3/c1-31(2,3)41-30(40)36-27(19-8-5-4-6-9-19)29(39)38-23-12-15-37(24(23)17-25(38)28-33-13-7-14-34-28)26-18-35-22-16-20(32)10-11-21(22)26/h7,10-11,13-14,16,18-19,25,27,35H,4-6,8-9,12,15,17H2,1-3H3,(H,36,40). The minimum atomic E-state index is -0.715. The van der Waals surface area contributed by atoms with Crippen molar-refractivity contribution in [2.24, 2.45) is 5.92 Å². The molecule has 9 nitrogen and oxygen atoms in total. The second-order valence-corrected chi connectivity index (χ2v) is 12.2. The molecule has 41 heavy (non-hydrogen) atoms. The molecule has 4 heterocycles. The van der Waals surface area contributed by atoms with Crippen molar-refractivity contribution < 1.29 is 18.7 Å². The fourth-order valence-corrected chi connectivity index (χ4v) is 6.58. The van der Waals surface area contributed by atoms with Gasteiger partial charge >= 0.3 is 6.09 Å². The summed E-state index contributed by atoms with van der Waals surface area (Å²) in [6.07, 6.45) is 10.8. The second kappa shape index (κ2) is 10.8. The van der Waals surface area contributed by atoms with Gasteiger partial charge in [0.05, 0.1) is 11.2 Å². The number of aromatic amines is 1. The van der Waals surface area contributed by atoms with Gasteiger partial charge in [0, 0.05) is 54.8 Å². The van der Waals surface area contributed by atoms with Crippen LogP contribution >= 0.6 is 0 Å². The van der Waals surface area contributed by atoms with Gasteiger partial charge in [-0.2, -0.15) is 0 Å². The topological polar surface area (TPSA) is 103 Å². The Kier molecular flexibility index (Phi) is 7.17. The maximum atomic E-state index is 14.6. The van der Waals surface area contributed by atoms with E-state index in [1.165, 1.54) is 12.1 Å². The Labute approximate surface area is 239 Å². The van der Waals surface area contributed by atoms with Crippen LogP contribution in [0.15, 0.2) is 54.3 Å². The predicted molar refractivity (Wildman–Crippen MR) is 153 cm³/mol. The molecular weight excluding hydrogens is 523 g/mol. The van der Waals surface area contributed by atoms with E-state index < -0.39 is 23.8 Å². The zero-order chi connectivity index (χ0) is 28.7. The molecule has 2 aliphatic heterocycles. The summed E-state index contributed by atoms with van der Waals surface area (Å²) in [6, 6.07) is 5.39. The van der Waals surface area contributed by atoms with Crippen molar-refractivity contribution in [3.63, 3.8) is 0 Å². The Bertz CT molecular complexity index is 1470. The van der Waals surface area contributed by atoms with Crippen molar-refractivity contribution in [1.82, 2.24) is 25.2 Å². The molecule has 6 rings (SSSR count). The predicted octanol–water partition coefficient (Wildman–Crippen LogP) is 5.97. The molecule has 2 unspecified atom stereocenters. The van der Waals surface area contributed by atoms with Crippen molar-refractivity contribution in [3.8, 4) is 0 Å². The Morgan fingerprint density at radius 3 is 2.61 bits per heavy atom. The Morgan fingerprint density at radius 2 is 1.88 bits per heavy atom. The van der Waals surface area contributed by atoms with Crippen molar-refractivity contribution >= 4 is 28.6 Å². The van der Waals surface area contributed by atoms with Crippen LogP contribution in [0.5, 0.6) is 0 Å². The van der Waals surface area contributed by atoms with E-state index in [0.717, 1.165) is 60.1 Å². The van der Waals surface area contributed by atoms with Crippen LogP contribution in [0.2, 0.25) is 0 Å². The molecule has 1 fully saturated rings. The van der Waals surface area contributed by atoms with Crippen LogP contribution in [0.1, 0.15) is 77.6 Å². The summed E-state index contributed by atoms with van der Waals surface area (Å²) in [5.41, 5.74) is 2.95. The summed E-state index contributed by atoms with van der Waals surface area (Å²) in [6.45, 7) is 6.14. The highest BCUT2D eigenvalue weighted by Gasteiger charge is 2.47. The second-order valence-electron chi connectivity index (χ2n) is 12.2. The number of hydrogen-bond acceptors (Lipinski definition) is 6. The van der Waals surface area contributed by atoms with E-state index in [0.29, 0.717) is 25.2 Å². The van der Waals surface area contributed by atoms with Gasteiger partial charge in [0.15, 0.2) is 5.82 Å². The molecule has 2 atom stereocenters. The average molecular weight is 561 g/mol. The third-order valence-corrected chi connectivity index (χ3v) is 8.31. The van der Waals surface area contributed by atoms with Gasteiger partial charge in [-0.15, -0.1) is 0 Å². The lowest BCUT2D eigenvalue weighted by molar-refractivity contribution is -0.135. The summed E-state index contributed by atoms with van der Waals surface area (Å²) < 4.78 is 19.5. The molecule has 2 N–H and O–H groups in total. The number of carbonyl (C=O) groups excluding carboxylic acids is 2. The number of rotatable bonds is 5. The number of H-pyrrole nitrogens is 1. The monoisotopic (exact) mass is 560 g/mol. The summed E-state index contributed by atoms with van der Waals surface area (Å²) in [7, 11) is 0. The number of carbonyl (C=O) groups is 2. The minimum absolute atomic E-state index is 0.0202. The number of aromatic nitrogens is 3. The lowest BCUT2D eigenvalue weighted by Gasteiger charge is -2.36. The number of nitrogens with one attached hydrogen (secondary N) is 2. The van der Waals surface area contributed by atoms with Gasteiger partial charge in [0.2, 0.25) is 5.91 Å². The molecule has 2 aromatic heterocycles. The number of halogens is 1. The molecule has 2 amide bonds. The fraction of sp³-hybridized carbons (Fsp3) is 0.484. The molecule has 10 heteroatoms. The fourth-order valence-electron chi connectivity index (χ4n) is 6.58. The summed E-state index contributed by atoms with van der Waals surface area (Å²) >= 11 is 0. The van der Waals surface area contributed by atoms with Crippen molar-refractivity contribution in [2.75, 3.05) is 11.4 Å². The summed E-state index contributed by atoms with van der Waals surface area (Å²) in [5.74, 6) is 0.146. The first kappa shape index (κ1) is 27.2. The number of alkyl carbamates (subject to hydrolysis) is 1. The van der Waals surface area contributed by atoms with E-state index in [9.17, 15) is 14.0 Å². The molecular formula is C31H37FN6O3. The molecule has 0 saturated heterocycles. The molecule has 0 bridgehead atoms. The van der Waals surface area contributed by atoms with Crippen LogP contribution in [-0.4, -0.2) is 50.0 Å². The molecule has 3 aliphatic rings. The van der Waals surface area contributed by atoms with Crippen LogP contribution in [0.4, 0.5) is 14.9 Å². The van der Waals surface area contributed by atoms with Gasteiger partial charge in [-0.25, -0.2) is 19.2 Å². The third-order valence-electron chi connectivity index (χ3n) is 8.31. The van der Waals surface area contributed by atoms with Gasteiger partial charge in [-0.3, -0.25) is 4.79 Å². The van der Waals surface area contributed by atoms with Crippen LogP contribution in [0.3, 0.4) is 0 Å². The molecule has 1 aliphatic carbocycles. The quantitative estimate of drug-likeness (QED) is 0.399. The maximum Gasteiger partial charge on any atom is 0.408 e. The number of fused-ring (bicyclic) bond motifs is 1. The highest BCUT2D eigenvalue weighted by Crippen LogP contribution is 2.47. The van der Waals surface area contributed by atoms with E-state index in [1.807, 2.05) is 31.9 Å². The first-order chi connectivity index (χ1) is 19.7. The SMILES string of the molecule is CC(C)(C)OC(=O)NC(C(=O)N1C2=C(CC1c1ncccn1)N(c1c[nH]c3cc(F)ccc13)CC2)C1CCCCC1. The highest BCUT2D eigenvalue weighted by molar-refractivity contribution is 5.94. The van der Waals surface area contributed by atoms with Crippen LogP contribution in [-0.2, 0) is 9.53 Å². The van der Waals surface area contributed by atoms with E-state index in [1.54, 1.807) is 24.5 Å². The van der Waals surface area contributed by atoms with Crippen molar-refractivity contribution in [1.29, 1.82) is 0 Å². The first-order valence-electron chi connectivity index (χ1n) is 14.6. The van der Waals surface area contributed by atoms with Gasteiger partial charge in [-0.1, -0.05) is 19.3 Å². The number of hydrogen-bond donors (Lipinski definition) is 2. The first-order valence-corrected chi connectivity index (χ1v) is 14.6. The van der Waals surface area contributed by atoms with Crippen LogP contribution < -0.4 is 10.2 Å². The Morgan fingerprint density at radius 1 is 1.12 bits per heavy atom. The van der Waals surface area contributed by atoms with E-state index in [4.69, 9.17) is 4.74 Å². The van der Waals surface area contributed by atoms with E-state index in [-0.39, 0.29) is 17.6 Å². The van der Waals surface area contributed by atoms with Crippen LogP contribution in [0.25, 0.3) is 10.9 Å². The number of anilines is 1. The highest BCUT2D eigenvalue weighted by atomic mass is 19.1. The lowest BCUT2D eigenvalue weighted by Crippen LogP contribution is -2.53. The van der Waals surface area contributed by atoms with Crippen molar-refractivity contribution in [2.45, 2.75) is 83.4 Å². The van der Waals surface area contributed by atoms with Gasteiger partial charge in [-0.05, 0) is 63.8 Å². The molecule has 0 spiro atoms. The Hall–Kier alpha value is -3.95. The molecule has 1 saturated carbocycles. The van der Waals surface area contributed by atoms with Crippen molar-refractivity contribution in [3.05, 3.63) is 65.9 Å². The number of nitrogens with zero attached hydrogens (tertiary/aromatic N) is 4. The number of ether oxygens (including phenoxy) is 1. The minimum Gasteiger partial charge on any atom is -0.444 e. The largest absolute Gasteiger partial charge is 0.444 e. The molecule has 1 aromatic carbocycles.